The van der Waals surface area contributed by atoms with Crippen molar-refractivity contribution in [1.82, 2.24) is 5.32 Å². The van der Waals surface area contributed by atoms with Crippen LogP contribution >= 0.6 is 0 Å². The van der Waals surface area contributed by atoms with Crippen LogP contribution in [0.15, 0.2) is 16.5 Å². The van der Waals surface area contributed by atoms with Crippen LogP contribution in [-0.4, -0.2) is 5.91 Å². The zero-order valence-electron chi connectivity index (χ0n) is 10.8. The summed E-state index contributed by atoms with van der Waals surface area (Å²) in [5.74, 6) is 1.39. The van der Waals surface area contributed by atoms with Gasteiger partial charge in [-0.25, -0.2) is 0 Å². The van der Waals surface area contributed by atoms with Gasteiger partial charge in [0.05, 0.1) is 12.1 Å². The molecule has 18 heavy (non-hydrogen) atoms. The zero-order valence-corrected chi connectivity index (χ0v) is 10.8. The van der Waals surface area contributed by atoms with Crippen molar-refractivity contribution in [2.75, 3.05) is 0 Å². The number of furan rings is 1. The number of nitriles is 1. The average molecular weight is 246 g/mol. The normalized spacial score (nSPS) is 19.2. The summed E-state index contributed by atoms with van der Waals surface area (Å²) in [6.45, 7) is 3.74. The predicted octanol–water partition coefficient (Wildman–Crippen LogP) is 2.85. The molecule has 1 aliphatic carbocycles. The summed E-state index contributed by atoms with van der Waals surface area (Å²) in [5.41, 5.74) is -0.824. The van der Waals surface area contributed by atoms with Crippen LogP contribution in [0, 0.1) is 23.7 Å². The number of rotatable bonds is 3. The Kier molecular flexibility index (Phi) is 3.42. The van der Waals surface area contributed by atoms with Crippen LogP contribution in [0.1, 0.15) is 50.2 Å². The molecule has 0 bridgehead atoms. The van der Waals surface area contributed by atoms with E-state index in [9.17, 15) is 10.1 Å². The van der Waals surface area contributed by atoms with Crippen molar-refractivity contribution in [3.63, 3.8) is 0 Å². The molecule has 1 heterocycles. The van der Waals surface area contributed by atoms with E-state index in [1.54, 1.807) is 0 Å². The molecule has 4 heteroatoms. The van der Waals surface area contributed by atoms with Gasteiger partial charge in [0, 0.05) is 0 Å². The number of nitrogens with zero attached hydrogens (tertiary/aromatic N) is 1. The van der Waals surface area contributed by atoms with Gasteiger partial charge in [-0.1, -0.05) is 12.8 Å². The van der Waals surface area contributed by atoms with E-state index in [1.165, 1.54) is 0 Å². The van der Waals surface area contributed by atoms with Gasteiger partial charge >= 0.3 is 0 Å². The number of hydrogen-bond acceptors (Lipinski definition) is 3. The highest BCUT2D eigenvalue weighted by Crippen LogP contribution is 2.38. The van der Waals surface area contributed by atoms with Gasteiger partial charge in [-0.3, -0.25) is 4.79 Å². The second-order valence-corrected chi connectivity index (χ2v) is 5.04. The van der Waals surface area contributed by atoms with Crippen LogP contribution in [0.5, 0.6) is 0 Å². The zero-order chi connectivity index (χ0) is 13.2. The molecule has 0 spiro atoms. The van der Waals surface area contributed by atoms with Gasteiger partial charge < -0.3 is 9.73 Å². The third kappa shape index (κ3) is 2.26. The molecule has 1 aromatic heterocycles. The average Bonchev–Trinajstić information content (AvgIpc) is 2.97. The van der Waals surface area contributed by atoms with Gasteiger partial charge in [0.2, 0.25) is 5.91 Å². The van der Waals surface area contributed by atoms with Crippen LogP contribution in [-0.2, 0) is 4.79 Å². The first-order valence-electron chi connectivity index (χ1n) is 6.36. The molecule has 1 unspecified atom stereocenters. The van der Waals surface area contributed by atoms with Crippen LogP contribution in [0.4, 0.5) is 0 Å². The summed E-state index contributed by atoms with van der Waals surface area (Å²) in [6, 6.07) is 5.72. The van der Waals surface area contributed by atoms with Crippen molar-refractivity contribution in [3.05, 3.63) is 23.7 Å². The fraction of sp³-hybridized carbons (Fsp3) is 0.571. The van der Waals surface area contributed by atoms with E-state index < -0.39 is 5.41 Å². The van der Waals surface area contributed by atoms with E-state index in [4.69, 9.17) is 4.42 Å². The maximum absolute atomic E-state index is 12.2. The topological polar surface area (TPSA) is 66.0 Å². The second kappa shape index (κ2) is 4.85. The highest BCUT2D eigenvalue weighted by molar-refractivity contribution is 5.86. The molecule has 1 aromatic rings. The SMILES string of the molecule is Cc1ccc(C(C)NC(=O)C2(C#N)CCCC2)o1. The van der Waals surface area contributed by atoms with Gasteiger partial charge in [0.25, 0.3) is 0 Å². The first-order valence-corrected chi connectivity index (χ1v) is 6.36. The largest absolute Gasteiger partial charge is 0.464 e. The number of carbonyl (C=O) groups excluding carboxylic acids is 1. The molecule has 1 atom stereocenters. The summed E-state index contributed by atoms with van der Waals surface area (Å²) >= 11 is 0. The number of amides is 1. The van der Waals surface area contributed by atoms with E-state index in [0.717, 1.165) is 24.4 Å². The number of carbonyl (C=O) groups is 1. The first-order chi connectivity index (χ1) is 8.57. The minimum Gasteiger partial charge on any atom is -0.464 e. The lowest BCUT2D eigenvalue weighted by Gasteiger charge is -2.21. The molecule has 96 valence electrons. The number of nitrogens with one attached hydrogen (secondary N) is 1. The van der Waals surface area contributed by atoms with Crippen molar-refractivity contribution in [1.29, 1.82) is 5.26 Å². The van der Waals surface area contributed by atoms with Crippen molar-refractivity contribution in [2.24, 2.45) is 5.41 Å². The van der Waals surface area contributed by atoms with Gasteiger partial charge in [0.1, 0.15) is 16.9 Å². The Bertz CT molecular complexity index is 478. The monoisotopic (exact) mass is 246 g/mol. The Labute approximate surface area is 107 Å². The van der Waals surface area contributed by atoms with E-state index in [0.29, 0.717) is 12.8 Å². The van der Waals surface area contributed by atoms with E-state index in [2.05, 4.69) is 11.4 Å². The quantitative estimate of drug-likeness (QED) is 0.891. The van der Waals surface area contributed by atoms with E-state index >= 15 is 0 Å². The minimum absolute atomic E-state index is 0.163. The van der Waals surface area contributed by atoms with E-state index in [1.807, 2.05) is 26.0 Å². The van der Waals surface area contributed by atoms with Crippen molar-refractivity contribution in [3.8, 4) is 6.07 Å². The third-order valence-electron chi connectivity index (χ3n) is 3.64. The second-order valence-electron chi connectivity index (χ2n) is 5.04. The third-order valence-corrected chi connectivity index (χ3v) is 3.64. The Balaban J connectivity index is 2.05. The molecule has 1 amide bonds. The van der Waals surface area contributed by atoms with Gasteiger partial charge in [-0.05, 0) is 38.8 Å². The molecule has 1 saturated carbocycles. The molecule has 1 aliphatic rings. The molecular formula is C14H18N2O2. The standard InChI is InChI=1S/C14H18N2O2/c1-10-5-6-12(18-10)11(2)16-13(17)14(9-15)7-3-4-8-14/h5-6,11H,3-4,7-8H2,1-2H3,(H,16,17). The summed E-state index contributed by atoms with van der Waals surface area (Å²) in [5, 5.41) is 12.1. The van der Waals surface area contributed by atoms with E-state index in [-0.39, 0.29) is 11.9 Å². The fourth-order valence-corrected chi connectivity index (χ4v) is 2.46. The number of aryl methyl sites for hydroxylation is 1. The van der Waals surface area contributed by atoms with Crippen LogP contribution < -0.4 is 5.32 Å². The van der Waals surface area contributed by atoms with Crippen molar-refractivity contribution < 1.29 is 9.21 Å². The molecule has 0 radical (unpaired) electrons. The maximum Gasteiger partial charge on any atom is 0.241 e. The molecular weight excluding hydrogens is 228 g/mol. The lowest BCUT2D eigenvalue weighted by atomic mass is 9.87. The summed E-state index contributed by atoms with van der Waals surface area (Å²) in [6.07, 6.45) is 3.24. The predicted molar refractivity (Wildman–Crippen MR) is 66.5 cm³/mol. The highest BCUT2D eigenvalue weighted by atomic mass is 16.3. The van der Waals surface area contributed by atoms with Crippen LogP contribution in [0.2, 0.25) is 0 Å². The van der Waals surface area contributed by atoms with Crippen molar-refractivity contribution in [2.45, 2.75) is 45.6 Å². The molecule has 0 aromatic carbocycles. The lowest BCUT2D eigenvalue weighted by Crippen LogP contribution is -2.39. The Morgan fingerprint density at radius 3 is 2.67 bits per heavy atom. The van der Waals surface area contributed by atoms with Crippen LogP contribution in [0.3, 0.4) is 0 Å². The number of hydrogen-bond donors (Lipinski definition) is 1. The summed E-state index contributed by atoms with van der Waals surface area (Å²) in [7, 11) is 0. The summed E-state index contributed by atoms with van der Waals surface area (Å²) < 4.78 is 5.48. The Morgan fingerprint density at radius 2 is 2.17 bits per heavy atom. The Hall–Kier alpha value is -1.76. The lowest BCUT2D eigenvalue weighted by molar-refractivity contribution is -0.128. The summed E-state index contributed by atoms with van der Waals surface area (Å²) in [4.78, 5) is 12.2. The highest BCUT2D eigenvalue weighted by Gasteiger charge is 2.42. The first kappa shape index (κ1) is 12.7. The van der Waals surface area contributed by atoms with Crippen LogP contribution in [0.25, 0.3) is 0 Å². The minimum atomic E-state index is -0.824. The molecule has 4 nitrogen and oxygen atoms in total. The fourth-order valence-electron chi connectivity index (χ4n) is 2.46. The molecule has 0 saturated heterocycles. The molecule has 1 N–H and O–H groups in total. The molecule has 2 rings (SSSR count). The van der Waals surface area contributed by atoms with Gasteiger partial charge in [-0.2, -0.15) is 5.26 Å². The Morgan fingerprint density at radius 1 is 1.50 bits per heavy atom. The molecule has 0 aliphatic heterocycles. The van der Waals surface area contributed by atoms with Gasteiger partial charge in [0.15, 0.2) is 0 Å². The molecule has 1 fully saturated rings. The maximum atomic E-state index is 12.2. The van der Waals surface area contributed by atoms with Crippen molar-refractivity contribution >= 4 is 5.91 Å². The van der Waals surface area contributed by atoms with Gasteiger partial charge in [-0.15, -0.1) is 0 Å². The smallest absolute Gasteiger partial charge is 0.241 e.